The van der Waals surface area contributed by atoms with Crippen LogP contribution in [0.25, 0.3) is 16.9 Å². The number of hydrazine groups is 1. The minimum absolute atomic E-state index is 0.0220. The third-order valence-electron chi connectivity index (χ3n) is 4.07. The number of nitrogens with two attached hydrogens (primary N) is 1. The highest BCUT2D eigenvalue weighted by atomic mass is 16.6. The topological polar surface area (TPSA) is 146 Å². The average Bonchev–Trinajstić information content (AvgIpc) is 3.01. The zero-order valence-corrected chi connectivity index (χ0v) is 14.4. The standard InChI is InChI=1S/C18H15N7O3/c19-17-16(22-21-12-6-8-13(9-7-12)25(27)28)18-20-15(26)10-14(24(18)23-17)11-4-2-1-3-5-11/h1-10,21-22H,(H2,19,23)(H,20,26)/p-1. The van der Waals surface area contributed by atoms with Crippen LogP contribution in [-0.4, -0.2) is 19.5 Å². The Morgan fingerprint density at radius 2 is 1.75 bits per heavy atom. The second-order valence-electron chi connectivity index (χ2n) is 5.90. The fourth-order valence-corrected chi connectivity index (χ4v) is 2.75. The van der Waals surface area contributed by atoms with Crippen LogP contribution in [0, 0.1) is 10.1 Å². The Balaban J connectivity index is 1.69. The van der Waals surface area contributed by atoms with Crippen molar-refractivity contribution in [1.29, 1.82) is 0 Å². The first-order valence-corrected chi connectivity index (χ1v) is 8.21. The SMILES string of the molecule is Nc1nn2c(-c3ccccc3)cc([O-])nc2c1NNc1ccc([N+](=O)[O-])cc1. The fourth-order valence-electron chi connectivity index (χ4n) is 2.75. The molecule has 10 nitrogen and oxygen atoms in total. The Morgan fingerprint density at radius 1 is 1.04 bits per heavy atom. The first-order chi connectivity index (χ1) is 13.5. The summed E-state index contributed by atoms with van der Waals surface area (Å²) in [5, 5.41) is 27.1. The van der Waals surface area contributed by atoms with Gasteiger partial charge in [0.15, 0.2) is 11.5 Å². The number of hydrogen-bond acceptors (Lipinski definition) is 8. The number of benzene rings is 2. The molecule has 140 valence electrons. The summed E-state index contributed by atoms with van der Waals surface area (Å²) in [7, 11) is 0. The van der Waals surface area contributed by atoms with E-state index in [9.17, 15) is 15.2 Å². The van der Waals surface area contributed by atoms with Crippen molar-refractivity contribution in [3.8, 4) is 17.1 Å². The summed E-state index contributed by atoms with van der Waals surface area (Å²) in [4.78, 5) is 14.3. The minimum Gasteiger partial charge on any atom is -0.858 e. The van der Waals surface area contributed by atoms with Crippen LogP contribution >= 0.6 is 0 Å². The lowest BCUT2D eigenvalue weighted by atomic mass is 10.1. The van der Waals surface area contributed by atoms with E-state index < -0.39 is 10.8 Å². The van der Waals surface area contributed by atoms with Crippen molar-refractivity contribution in [2.45, 2.75) is 0 Å². The Labute approximate surface area is 158 Å². The van der Waals surface area contributed by atoms with E-state index >= 15 is 0 Å². The molecule has 10 heteroatoms. The number of hydrogen-bond donors (Lipinski definition) is 3. The van der Waals surface area contributed by atoms with Gasteiger partial charge in [0.2, 0.25) is 0 Å². The van der Waals surface area contributed by atoms with Gasteiger partial charge in [-0.3, -0.25) is 15.5 Å². The van der Waals surface area contributed by atoms with Gasteiger partial charge >= 0.3 is 0 Å². The normalized spacial score (nSPS) is 10.7. The number of non-ortho nitro benzene ring substituents is 1. The maximum atomic E-state index is 12.1. The quantitative estimate of drug-likeness (QED) is 0.355. The molecule has 0 unspecified atom stereocenters. The lowest BCUT2D eigenvalue weighted by Crippen LogP contribution is -2.10. The van der Waals surface area contributed by atoms with E-state index in [2.05, 4.69) is 20.9 Å². The van der Waals surface area contributed by atoms with Crippen molar-refractivity contribution in [2.75, 3.05) is 16.6 Å². The summed E-state index contributed by atoms with van der Waals surface area (Å²) in [6.45, 7) is 0. The molecular formula is C18H14N7O3-. The van der Waals surface area contributed by atoms with Crippen LogP contribution in [0.3, 0.4) is 0 Å². The molecule has 0 spiro atoms. The molecule has 0 radical (unpaired) electrons. The van der Waals surface area contributed by atoms with Crippen molar-refractivity contribution in [1.82, 2.24) is 14.6 Å². The van der Waals surface area contributed by atoms with E-state index in [-0.39, 0.29) is 17.2 Å². The number of fused-ring (bicyclic) bond motifs is 1. The Hall–Kier alpha value is -4.34. The third kappa shape index (κ3) is 3.09. The molecule has 4 N–H and O–H groups in total. The van der Waals surface area contributed by atoms with Gasteiger partial charge in [0.05, 0.1) is 16.3 Å². The molecule has 2 aromatic carbocycles. The number of nitro groups is 1. The molecule has 0 saturated heterocycles. The van der Waals surface area contributed by atoms with Gasteiger partial charge in [0, 0.05) is 17.7 Å². The van der Waals surface area contributed by atoms with Crippen molar-refractivity contribution >= 4 is 28.5 Å². The summed E-state index contributed by atoms with van der Waals surface area (Å²) in [5.41, 5.74) is 14.3. The van der Waals surface area contributed by atoms with Gasteiger partial charge in [-0.25, -0.2) is 9.50 Å². The summed E-state index contributed by atoms with van der Waals surface area (Å²) < 4.78 is 1.49. The molecule has 0 atom stereocenters. The van der Waals surface area contributed by atoms with E-state index in [1.807, 2.05) is 30.3 Å². The molecule has 2 aromatic heterocycles. The molecule has 4 rings (SSSR count). The van der Waals surface area contributed by atoms with E-state index in [0.29, 0.717) is 17.1 Å². The zero-order chi connectivity index (χ0) is 19.7. The van der Waals surface area contributed by atoms with Gasteiger partial charge in [-0.2, -0.15) is 0 Å². The predicted octanol–water partition coefficient (Wildman–Crippen LogP) is 2.40. The van der Waals surface area contributed by atoms with Crippen LogP contribution in [0.4, 0.5) is 22.9 Å². The summed E-state index contributed by atoms with van der Waals surface area (Å²) in [6, 6.07) is 16.5. The molecular weight excluding hydrogens is 362 g/mol. The van der Waals surface area contributed by atoms with Crippen LogP contribution in [0.1, 0.15) is 0 Å². The number of nitro benzene ring substituents is 1. The van der Waals surface area contributed by atoms with Crippen LogP contribution in [-0.2, 0) is 0 Å². The maximum Gasteiger partial charge on any atom is 0.269 e. The molecule has 0 aliphatic rings. The summed E-state index contributed by atoms with van der Waals surface area (Å²) >= 11 is 0. The Kier molecular flexibility index (Phi) is 4.13. The largest absolute Gasteiger partial charge is 0.858 e. The smallest absolute Gasteiger partial charge is 0.269 e. The lowest BCUT2D eigenvalue weighted by molar-refractivity contribution is -0.384. The lowest BCUT2D eigenvalue weighted by Gasteiger charge is -2.12. The number of nitrogens with zero attached hydrogens (tertiary/aromatic N) is 4. The molecule has 2 heterocycles. The van der Waals surface area contributed by atoms with Gasteiger partial charge in [-0.15, -0.1) is 5.10 Å². The fraction of sp³-hybridized carbons (Fsp3) is 0. The minimum atomic E-state index is -0.481. The molecule has 0 fully saturated rings. The van der Waals surface area contributed by atoms with Crippen LogP contribution in [0.2, 0.25) is 0 Å². The summed E-state index contributed by atoms with van der Waals surface area (Å²) in [5.74, 6) is -0.283. The monoisotopic (exact) mass is 376 g/mol. The zero-order valence-electron chi connectivity index (χ0n) is 14.4. The van der Waals surface area contributed by atoms with Gasteiger partial charge in [-0.1, -0.05) is 30.3 Å². The second-order valence-corrected chi connectivity index (χ2v) is 5.90. The second kappa shape index (κ2) is 6.76. The van der Waals surface area contributed by atoms with Crippen molar-refractivity contribution < 1.29 is 10.0 Å². The molecule has 0 amide bonds. The maximum absolute atomic E-state index is 12.1. The van der Waals surface area contributed by atoms with Crippen molar-refractivity contribution in [3.63, 3.8) is 0 Å². The van der Waals surface area contributed by atoms with E-state index in [1.165, 1.54) is 34.8 Å². The van der Waals surface area contributed by atoms with Crippen molar-refractivity contribution in [2.24, 2.45) is 0 Å². The molecule has 4 aromatic rings. The highest BCUT2D eigenvalue weighted by Crippen LogP contribution is 2.29. The third-order valence-corrected chi connectivity index (χ3v) is 4.07. The Morgan fingerprint density at radius 3 is 2.43 bits per heavy atom. The van der Waals surface area contributed by atoms with E-state index in [1.54, 1.807) is 0 Å². The molecule has 0 aliphatic heterocycles. The van der Waals surface area contributed by atoms with Crippen molar-refractivity contribution in [3.05, 3.63) is 70.8 Å². The Bertz CT molecular complexity index is 1160. The van der Waals surface area contributed by atoms with E-state index in [0.717, 1.165) is 5.56 Å². The highest BCUT2D eigenvalue weighted by Gasteiger charge is 2.15. The molecule has 0 bridgehead atoms. The molecule has 0 saturated carbocycles. The van der Waals surface area contributed by atoms with Gasteiger partial charge in [-0.05, 0) is 24.1 Å². The van der Waals surface area contributed by atoms with Gasteiger partial charge < -0.3 is 16.3 Å². The van der Waals surface area contributed by atoms with Crippen LogP contribution in [0.15, 0.2) is 60.7 Å². The van der Waals surface area contributed by atoms with Crippen LogP contribution < -0.4 is 21.7 Å². The molecule has 0 aliphatic carbocycles. The predicted molar refractivity (Wildman–Crippen MR) is 103 cm³/mol. The first-order valence-electron chi connectivity index (χ1n) is 8.21. The highest BCUT2D eigenvalue weighted by molar-refractivity contribution is 5.82. The first kappa shape index (κ1) is 17.1. The number of rotatable bonds is 5. The number of nitrogen functional groups attached to an aromatic ring is 1. The van der Waals surface area contributed by atoms with Crippen LogP contribution in [0.5, 0.6) is 5.88 Å². The number of anilines is 3. The number of nitrogens with one attached hydrogen (secondary N) is 2. The summed E-state index contributed by atoms with van der Waals surface area (Å²) in [6.07, 6.45) is 0. The van der Waals surface area contributed by atoms with Gasteiger partial charge in [0.1, 0.15) is 5.69 Å². The van der Waals surface area contributed by atoms with Gasteiger partial charge in [0.25, 0.3) is 5.69 Å². The number of aromatic nitrogens is 3. The average molecular weight is 376 g/mol. The van der Waals surface area contributed by atoms with E-state index in [4.69, 9.17) is 5.73 Å². The molecule has 28 heavy (non-hydrogen) atoms.